The number of hydrogen-bond acceptors (Lipinski definition) is 5. The molecule has 4 rings (SSSR count). The van der Waals surface area contributed by atoms with Crippen molar-refractivity contribution in [2.24, 2.45) is 5.41 Å². The number of carboxylic acid groups (broad SMARTS) is 1. The van der Waals surface area contributed by atoms with E-state index in [4.69, 9.17) is 4.74 Å². The number of carboxylic acids is 1. The van der Waals surface area contributed by atoms with Gasteiger partial charge in [0, 0.05) is 19.0 Å². The largest absolute Gasteiger partial charge is 0.481 e. The molecule has 3 N–H and O–H groups in total. The third-order valence-corrected chi connectivity index (χ3v) is 7.12. The summed E-state index contributed by atoms with van der Waals surface area (Å²) in [5.74, 6) is -1.38. The molecule has 35 heavy (non-hydrogen) atoms. The Balaban J connectivity index is 1.38. The van der Waals surface area contributed by atoms with Gasteiger partial charge in [-0.15, -0.1) is 0 Å². The Hall–Kier alpha value is -3.39. The van der Waals surface area contributed by atoms with Gasteiger partial charge in [-0.3, -0.25) is 9.59 Å². The van der Waals surface area contributed by atoms with Crippen molar-refractivity contribution in [3.05, 3.63) is 59.7 Å². The predicted octanol–water partition coefficient (Wildman–Crippen LogP) is 3.22. The van der Waals surface area contributed by atoms with Gasteiger partial charge < -0.3 is 25.4 Å². The van der Waals surface area contributed by atoms with Gasteiger partial charge in [0.05, 0.1) is 5.41 Å². The fourth-order valence-corrected chi connectivity index (χ4v) is 5.24. The molecule has 186 valence electrons. The average molecular weight is 480 g/mol. The maximum atomic E-state index is 12.9. The minimum Gasteiger partial charge on any atom is -0.481 e. The van der Waals surface area contributed by atoms with Crippen LogP contribution in [0.15, 0.2) is 48.5 Å². The van der Waals surface area contributed by atoms with E-state index < -0.39 is 29.4 Å². The summed E-state index contributed by atoms with van der Waals surface area (Å²) in [5, 5.41) is 15.1. The van der Waals surface area contributed by atoms with Crippen molar-refractivity contribution in [3.8, 4) is 11.1 Å². The zero-order valence-corrected chi connectivity index (χ0v) is 20.3. The minimum atomic E-state index is -0.928. The Bertz CT molecular complexity index is 1050. The molecule has 2 aromatic rings. The van der Waals surface area contributed by atoms with E-state index in [9.17, 15) is 19.5 Å². The smallest absolute Gasteiger partial charge is 0.407 e. The number of fused-ring (bicyclic) bond motifs is 3. The normalized spacial score (nSPS) is 16.9. The molecule has 8 nitrogen and oxygen atoms in total. The molecule has 1 saturated carbocycles. The second-order valence-electron chi connectivity index (χ2n) is 9.80. The standard InChI is InChI=1S/C27H33N3O5/c1-30(2)15-23(24(31)28-17-27(25(32)33)13-7-8-14-27)29-26(34)35-16-22-20-11-5-3-9-18(20)19-10-4-6-12-21(19)22/h3-6,9-12,22-23H,7-8,13-17H2,1-2H3,(H,28,31)(H,29,34)(H,32,33). The molecule has 1 unspecified atom stereocenters. The highest BCUT2D eigenvalue weighted by molar-refractivity contribution is 5.87. The highest BCUT2D eigenvalue weighted by Crippen LogP contribution is 2.44. The maximum Gasteiger partial charge on any atom is 0.407 e. The van der Waals surface area contributed by atoms with Crippen molar-refractivity contribution in [2.45, 2.75) is 37.6 Å². The summed E-state index contributed by atoms with van der Waals surface area (Å²) < 4.78 is 5.60. The van der Waals surface area contributed by atoms with E-state index in [-0.39, 0.29) is 25.6 Å². The number of benzene rings is 2. The van der Waals surface area contributed by atoms with Crippen molar-refractivity contribution >= 4 is 18.0 Å². The van der Waals surface area contributed by atoms with Gasteiger partial charge in [-0.2, -0.15) is 0 Å². The van der Waals surface area contributed by atoms with Crippen molar-refractivity contribution < 1.29 is 24.2 Å². The molecule has 0 heterocycles. The molecule has 0 bridgehead atoms. The van der Waals surface area contributed by atoms with Gasteiger partial charge in [0.1, 0.15) is 12.6 Å². The molecule has 8 heteroatoms. The zero-order valence-electron chi connectivity index (χ0n) is 20.3. The second kappa shape index (κ2) is 10.5. The number of carbonyl (C=O) groups is 3. The molecule has 2 aromatic carbocycles. The van der Waals surface area contributed by atoms with Crippen LogP contribution in [0, 0.1) is 5.41 Å². The van der Waals surface area contributed by atoms with Crippen LogP contribution in [-0.2, 0) is 14.3 Å². The summed E-state index contributed by atoms with van der Waals surface area (Å²) in [5.41, 5.74) is 3.57. The molecular formula is C27H33N3O5. The van der Waals surface area contributed by atoms with Crippen LogP contribution >= 0.6 is 0 Å². The topological polar surface area (TPSA) is 108 Å². The van der Waals surface area contributed by atoms with Gasteiger partial charge in [0.2, 0.25) is 5.91 Å². The number of alkyl carbamates (subject to hydrolysis) is 1. The molecule has 1 atom stereocenters. The lowest BCUT2D eigenvalue weighted by Crippen LogP contribution is -2.54. The summed E-state index contributed by atoms with van der Waals surface area (Å²) in [6.45, 7) is 0.464. The maximum absolute atomic E-state index is 12.9. The molecule has 0 aliphatic heterocycles. The molecule has 0 saturated heterocycles. The van der Waals surface area contributed by atoms with E-state index in [1.165, 1.54) is 0 Å². The Morgan fingerprint density at radius 2 is 1.60 bits per heavy atom. The van der Waals surface area contributed by atoms with Crippen LogP contribution in [-0.4, -0.2) is 67.8 Å². The summed E-state index contributed by atoms with van der Waals surface area (Å²) in [6.07, 6.45) is 2.08. The molecule has 1 fully saturated rings. The summed E-state index contributed by atoms with van der Waals surface area (Å²) in [4.78, 5) is 39.2. The quantitative estimate of drug-likeness (QED) is 0.510. The third kappa shape index (κ3) is 5.32. The number of carbonyl (C=O) groups excluding carboxylic acids is 2. The zero-order chi connectivity index (χ0) is 25.0. The van der Waals surface area contributed by atoms with Crippen molar-refractivity contribution in [1.82, 2.24) is 15.5 Å². The van der Waals surface area contributed by atoms with Gasteiger partial charge >= 0.3 is 12.1 Å². The van der Waals surface area contributed by atoms with Gasteiger partial charge in [-0.25, -0.2) is 4.79 Å². The first-order chi connectivity index (χ1) is 16.8. The van der Waals surface area contributed by atoms with Crippen molar-refractivity contribution in [2.75, 3.05) is 33.8 Å². The molecule has 2 amide bonds. The fraction of sp³-hybridized carbons (Fsp3) is 0.444. The SMILES string of the molecule is CN(C)CC(NC(=O)OCC1c2ccccc2-c2ccccc21)C(=O)NCC1(C(=O)O)CCCC1. The lowest BCUT2D eigenvalue weighted by Gasteiger charge is -2.27. The molecule has 2 aliphatic carbocycles. The van der Waals surface area contributed by atoms with Crippen LogP contribution in [0.25, 0.3) is 11.1 Å². The first kappa shape index (κ1) is 24.7. The van der Waals surface area contributed by atoms with Crippen LogP contribution in [0.3, 0.4) is 0 Å². The first-order valence-corrected chi connectivity index (χ1v) is 12.1. The Morgan fingerprint density at radius 1 is 1.03 bits per heavy atom. The van der Waals surface area contributed by atoms with E-state index in [1.807, 2.05) is 36.4 Å². The average Bonchev–Trinajstić information content (AvgIpc) is 3.44. The molecule has 2 aliphatic rings. The summed E-state index contributed by atoms with van der Waals surface area (Å²) in [6, 6.07) is 15.3. The Morgan fingerprint density at radius 3 is 2.14 bits per heavy atom. The van der Waals surface area contributed by atoms with E-state index in [1.54, 1.807) is 19.0 Å². The Kier molecular flexibility index (Phi) is 7.40. The molecule has 0 spiro atoms. The molecule has 0 aromatic heterocycles. The predicted molar refractivity (Wildman–Crippen MR) is 132 cm³/mol. The number of nitrogens with zero attached hydrogens (tertiary/aromatic N) is 1. The summed E-state index contributed by atoms with van der Waals surface area (Å²) in [7, 11) is 3.60. The second-order valence-corrected chi connectivity index (χ2v) is 9.80. The number of ether oxygens (including phenoxy) is 1. The number of likely N-dealkylation sites (N-methyl/N-ethyl adjacent to an activating group) is 1. The monoisotopic (exact) mass is 479 g/mol. The van der Waals surface area contributed by atoms with E-state index >= 15 is 0 Å². The van der Waals surface area contributed by atoms with Crippen molar-refractivity contribution in [3.63, 3.8) is 0 Å². The van der Waals surface area contributed by atoms with E-state index in [0.29, 0.717) is 12.8 Å². The van der Waals surface area contributed by atoms with Crippen LogP contribution in [0.5, 0.6) is 0 Å². The number of nitrogens with one attached hydrogen (secondary N) is 2. The van der Waals surface area contributed by atoms with Gasteiger partial charge in [-0.1, -0.05) is 61.4 Å². The lowest BCUT2D eigenvalue weighted by molar-refractivity contribution is -0.148. The highest BCUT2D eigenvalue weighted by Gasteiger charge is 2.42. The number of aliphatic carboxylic acids is 1. The third-order valence-electron chi connectivity index (χ3n) is 7.12. The van der Waals surface area contributed by atoms with Crippen LogP contribution in [0.2, 0.25) is 0 Å². The van der Waals surface area contributed by atoms with Crippen LogP contribution in [0.1, 0.15) is 42.7 Å². The minimum absolute atomic E-state index is 0.0530. The molecular weight excluding hydrogens is 446 g/mol. The lowest BCUT2D eigenvalue weighted by atomic mass is 9.86. The van der Waals surface area contributed by atoms with Crippen LogP contribution < -0.4 is 10.6 Å². The number of rotatable bonds is 9. The van der Waals surface area contributed by atoms with Gasteiger partial charge in [-0.05, 0) is 49.2 Å². The van der Waals surface area contributed by atoms with Crippen LogP contribution in [0.4, 0.5) is 4.79 Å². The number of amides is 2. The van der Waals surface area contributed by atoms with Crippen molar-refractivity contribution in [1.29, 1.82) is 0 Å². The van der Waals surface area contributed by atoms with Gasteiger partial charge in [0.25, 0.3) is 0 Å². The van der Waals surface area contributed by atoms with Gasteiger partial charge in [0.15, 0.2) is 0 Å². The molecule has 0 radical (unpaired) electrons. The highest BCUT2D eigenvalue weighted by atomic mass is 16.5. The van der Waals surface area contributed by atoms with E-state index in [2.05, 4.69) is 22.8 Å². The number of hydrogen-bond donors (Lipinski definition) is 3. The Labute approximate surface area is 205 Å². The summed E-state index contributed by atoms with van der Waals surface area (Å²) >= 11 is 0. The fourth-order valence-electron chi connectivity index (χ4n) is 5.24. The van der Waals surface area contributed by atoms with E-state index in [0.717, 1.165) is 35.1 Å². The first-order valence-electron chi connectivity index (χ1n) is 12.1.